The molecule has 0 heterocycles. The first-order chi connectivity index (χ1) is 17.0. The van der Waals surface area contributed by atoms with Gasteiger partial charge in [0.25, 0.3) is 0 Å². The summed E-state index contributed by atoms with van der Waals surface area (Å²) in [5.41, 5.74) is -1.95. The van der Waals surface area contributed by atoms with Crippen LogP contribution in [0, 0.1) is 5.82 Å². The number of hydrogen-bond acceptors (Lipinski definition) is 3. The van der Waals surface area contributed by atoms with E-state index in [1.165, 1.54) is 12.1 Å². The Hall–Kier alpha value is -2.86. The molecule has 0 fully saturated rings. The van der Waals surface area contributed by atoms with Crippen LogP contribution >= 0.6 is 23.2 Å². The lowest BCUT2D eigenvalue weighted by Crippen LogP contribution is -2.50. The van der Waals surface area contributed by atoms with Crippen molar-refractivity contribution in [3.8, 4) is 0 Å². The fourth-order valence-corrected chi connectivity index (χ4v) is 3.78. The first-order valence-electron chi connectivity index (χ1n) is 10.3. The second-order valence-corrected chi connectivity index (χ2v) is 8.52. The summed E-state index contributed by atoms with van der Waals surface area (Å²) in [5, 5.41) is 0.985. The van der Waals surface area contributed by atoms with Gasteiger partial charge in [-0.25, -0.2) is 8.78 Å². The third kappa shape index (κ3) is 6.35. The molecule has 14 heteroatoms. The molecule has 1 atom stereocenters. The summed E-state index contributed by atoms with van der Waals surface area (Å²) in [6.45, 7) is 3.16. The number of carbonyl (C=O) groups is 1. The number of carbonyl (C=O) groups excluding carboxylic acids is 1. The van der Waals surface area contributed by atoms with Crippen molar-refractivity contribution in [3.05, 3.63) is 69.1 Å². The van der Waals surface area contributed by atoms with Gasteiger partial charge in [-0.1, -0.05) is 36.2 Å². The highest BCUT2D eigenvalue weighted by atomic mass is 35.5. The second kappa shape index (κ2) is 11.3. The standard InChI is InChI=1S/C23H19Cl2F8N3O/c1-3-19(37)36-11(2)15-6-12(4-5-18(15)26)13(9-34)10-35-20-16(24)7-14(8-17(20)25)21(27,22(28,29)30)23(31,32)33/h4-11H,3,34H2,1-2H3,(H,36,37). The quantitative estimate of drug-likeness (QED) is 0.262. The highest BCUT2D eigenvalue weighted by Crippen LogP contribution is 2.54. The molecule has 0 aliphatic carbocycles. The molecule has 1 unspecified atom stereocenters. The molecule has 0 saturated carbocycles. The first-order valence-corrected chi connectivity index (χ1v) is 11.1. The van der Waals surface area contributed by atoms with Gasteiger partial charge in [0.15, 0.2) is 0 Å². The number of allylic oxidation sites excluding steroid dienone is 1. The van der Waals surface area contributed by atoms with Gasteiger partial charge in [0.05, 0.1) is 16.1 Å². The zero-order chi connectivity index (χ0) is 28.3. The predicted octanol–water partition coefficient (Wildman–Crippen LogP) is 7.71. The Morgan fingerprint density at radius 2 is 1.59 bits per heavy atom. The molecule has 2 rings (SSSR count). The van der Waals surface area contributed by atoms with E-state index >= 15 is 0 Å². The summed E-state index contributed by atoms with van der Waals surface area (Å²) in [5.74, 6) is -0.957. The minimum atomic E-state index is -6.35. The van der Waals surface area contributed by atoms with E-state index in [-0.39, 0.29) is 35.6 Å². The van der Waals surface area contributed by atoms with Crippen molar-refractivity contribution >= 4 is 46.6 Å². The van der Waals surface area contributed by atoms with E-state index in [1.54, 1.807) is 13.8 Å². The van der Waals surface area contributed by atoms with Crippen LogP contribution in [0.25, 0.3) is 5.57 Å². The van der Waals surface area contributed by atoms with Crippen LogP contribution in [-0.4, -0.2) is 24.5 Å². The zero-order valence-corrected chi connectivity index (χ0v) is 20.6. The van der Waals surface area contributed by atoms with Gasteiger partial charge < -0.3 is 11.1 Å². The Balaban J connectivity index is 2.48. The third-order valence-corrected chi connectivity index (χ3v) is 5.78. The predicted molar refractivity (Wildman–Crippen MR) is 125 cm³/mol. The summed E-state index contributed by atoms with van der Waals surface area (Å²) in [6, 6.07) is 3.30. The third-order valence-electron chi connectivity index (χ3n) is 5.20. The van der Waals surface area contributed by atoms with Gasteiger partial charge in [-0.3, -0.25) is 9.79 Å². The summed E-state index contributed by atoms with van der Waals surface area (Å²) < 4.78 is 107. The minimum absolute atomic E-state index is 0.103. The maximum Gasteiger partial charge on any atom is 0.435 e. The number of nitrogens with one attached hydrogen (secondary N) is 1. The van der Waals surface area contributed by atoms with Crippen LogP contribution in [0.5, 0.6) is 0 Å². The van der Waals surface area contributed by atoms with Gasteiger partial charge in [-0.15, -0.1) is 0 Å². The van der Waals surface area contributed by atoms with Crippen molar-refractivity contribution in [2.45, 2.75) is 44.3 Å². The molecule has 2 aromatic rings. The number of nitrogens with two attached hydrogens (primary N) is 1. The Morgan fingerprint density at radius 1 is 1.05 bits per heavy atom. The average Bonchev–Trinajstić information content (AvgIpc) is 2.79. The van der Waals surface area contributed by atoms with Gasteiger partial charge in [0.2, 0.25) is 5.91 Å². The van der Waals surface area contributed by atoms with Crippen LogP contribution in [0.3, 0.4) is 0 Å². The molecule has 3 N–H and O–H groups in total. The Morgan fingerprint density at radius 3 is 2.05 bits per heavy atom. The summed E-state index contributed by atoms with van der Waals surface area (Å²) >= 11 is 11.6. The number of hydrogen-bond donors (Lipinski definition) is 2. The number of benzene rings is 2. The molecule has 202 valence electrons. The first kappa shape index (κ1) is 30.4. The molecule has 0 bridgehead atoms. The van der Waals surface area contributed by atoms with E-state index in [9.17, 15) is 39.9 Å². The number of amides is 1. The van der Waals surface area contributed by atoms with E-state index in [2.05, 4.69) is 10.3 Å². The molecule has 0 spiro atoms. The normalized spacial score (nSPS) is 14.2. The van der Waals surface area contributed by atoms with Gasteiger partial charge in [-0.2, -0.15) is 26.3 Å². The molecule has 1 amide bonds. The smallest absolute Gasteiger partial charge is 0.404 e. The molecule has 0 aromatic heterocycles. The Bertz CT molecular complexity index is 1190. The van der Waals surface area contributed by atoms with E-state index in [4.69, 9.17) is 28.9 Å². The Labute approximate surface area is 216 Å². The maximum absolute atomic E-state index is 14.4. The van der Waals surface area contributed by atoms with E-state index in [0.717, 1.165) is 18.5 Å². The van der Waals surface area contributed by atoms with Crippen LogP contribution in [0.4, 0.5) is 40.8 Å². The Kier molecular flexibility index (Phi) is 9.24. The molecule has 37 heavy (non-hydrogen) atoms. The molecule has 2 aromatic carbocycles. The van der Waals surface area contributed by atoms with Crippen LogP contribution < -0.4 is 11.1 Å². The van der Waals surface area contributed by atoms with Crippen molar-refractivity contribution in [3.63, 3.8) is 0 Å². The average molecular weight is 576 g/mol. The van der Waals surface area contributed by atoms with E-state index in [1.807, 2.05) is 0 Å². The number of aliphatic imine (C=N–C) groups is 1. The van der Waals surface area contributed by atoms with Gasteiger partial charge >= 0.3 is 18.0 Å². The van der Waals surface area contributed by atoms with Crippen molar-refractivity contribution in [1.82, 2.24) is 5.32 Å². The van der Waals surface area contributed by atoms with Crippen LogP contribution in [0.2, 0.25) is 10.0 Å². The number of alkyl halides is 7. The minimum Gasteiger partial charge on any atom is -0.404 e. The second-order valence-electron chi connectivity index (χ2n) is 7.70. The molecule has 0 radical (unpaired) electrons. The van der Waals surface area contributed by atoms with Crippen molar-refractivity contribution in [1.29, 1.82) is 0 Å². The number of halogens is 10. The lowest BCUT2D eigenvalue weighted by molar-refractivity contribution is -0.348. The molecular weight excluding hydrogens is 557 g/mol. The SMILES string of the molecule is CCC(=O)NC(C)c1cc(C(C=Nc2c(Cl)cc(C(F)(C(F)(F)F)C(F)(F)F)cc2Cl)=CN)ccc1F. The number of nitrogens with zero attached hydrogens (tertiary/aromatic N) is 1. The van der Waals surface area contributed by atoms with E-state index < -0.39 is 51.2 Å². The summed E-state index contributed by atoms with van der Waals surface area (Å²) in [6.07, 6.45) is -10.5. The lowest BCUT2D eigenvalue weighted by Gasteiger charge is -2.30. The lowest BCUT2D eigenvalue weighted by atomic mass is 9.94. The molecular formula is C23H19Cl2F8N3O. The summed E-state index contributed by atoms with van der Waals surface area (Å²) in [4.78, 5) is 15.5. The molecule has 0 aliphatic rings. The van der Waals surface area contributed by atoms with Gasteiger partial charge in [0, 0.05) is 35.5 Å². The van der Waals surface area contributed by atoms with Crippen molar-refractivity contribution in [2.24, 2.45) is 10.7 Å². The van der Waals surface area contributed by atoms with Crippen LogP contribution in [0.15, 0.2) is 41.5 Å². The van der Waals surface area contributed by atoms with Crippen molar-refractivity contribution in [2.75, 3.05) is 0 Å². The number of rotatable bonds is 7. The molecule has 4 nitrogen and oxygen atoms in total. The van der Waals surface area contributed by atoms with Crippen molar-refractivity contribution < 1.29 is 39.9 Å². The van der Waals surface area contributed by atoms with Gasteiger partial charge in [0.1, 0.15) is 11.5 Å². The molecule has 0 saturated heterocycles. The van der Waals surface area contributed by atoms with Gasteiger partial charge in [-0.05, 0) is 36.8 Å². The summed E-state index contributed by atoms with van der Waals surface area (Å²) in [7, 11) is 0. The van der Waals surface area contributed by atoms with E-state index in [0.29, 0.717) is 5.56 Å². The fourth-order valence-electron chi connectivity index (χ4n) is 3.20. The zero-order valence-electron chi connectivity index (χ0n) is 19.0. The monoisotopic (exact) mass is 575 g/mol. The van der Waals surface area contributed by atoms with Crippen LogP contribution in [-0.2, 0) is 10.5 Å². The maximum atomic E-state index is 14.4. The highest BCUT2D eigenvalue weighted by molar-refractivity contribution is 6.39. The highest BCUT2D eigenvalue weighted by Gasteiger charge is 2.73. The topological polar surface area (TPSA) is 67.5 Å². The fraction of sp³-hybridized carbons (Fsp3) is 0.304. The molecule has 0 aliphatic heterocycles. The van der Waals surface area contributed by atoms with Crippen LogP contribution in [0.1, 0.15) is 43.0 Å². The largest absolute Gasteiger partial charge is 0.435 e.